The minimum atomic E-state index is -3.09. The van der Waals surface area contributed by atoms with E-state index >= 15 is 0 Å². The van der Waals surface area contributed by atoms with Crippen molar-refractivity contribution in [3.05, 3.63) is 143 Å². The summed E-state index contributed by atoms with van der Waals surface area (Å²) in [5.74, 6) is 4.15. The predicted molar refractivity (Wildman–Crippen MR) is 521 cm³/mol. The van der Waals surface area contributed by atoms with E-state index in [0.717, 1.165) is 34.7 Å². The van der Waals surface area contributed by atoms with E-state index in [1.807, 2.05) is 30.3 Å². The third-order valence-electron chi connectivity index (χ3n) is 20.5. The molecule has 694 valence electrons. The van der Waals surface area contributed by atoms with Gasteiger partial charge in [0, 0.05) is 6.92 Å². The molecule has 5 amide bonds. The van der Waals surface area contributed by atoms with Gasteiger partial charge in [0.1, 0.15) is 21.6 Å². The summed E-state index contributed by atoms with van der Waals surface area (Å²) in [6.07, 6.45) is 10.8. The Balaban J connectivity index is 0.000000166. The average molecular weight is 2060 g/mol. The molecule has 0 saturated carbocycles. The molecule has 0 spiro atoms. The van der Waals surface area contributed by atoms with E-state index in [2.05, 4.69) is 0 Å². The Bertz CT molecular complexity index is 5260. The van der Waals surface area contributed by atoms with Gasteiger partial charge in [0.15, 0.2) is 107 Å². The number of benzene rings is 5. The number of carbonyl (C=O) groups excluding carboxylic acids is 5. The number of amides is 5. The van der Waals surface area contributed by atoms with Gasteiger partial charge in [0.2, 0.25) is 0 Å². The number of rotatable bonds is 20. The number of methoxy groups -OCH3 is 10. The Kier molecular flexibility index (Phi) is 35.3. The first-order valence-corrected chi connectivity index (χ1v) is 53.9. The molecular weight excluding hydrogens is 1970 g/mol. The van der Waals surface area contributed by atoms with Crippen LogP contribution in [0, 0.1) is 0 Å². The zero-order valence-electron chi connectivity index (χ0n) is 71.0. The predicted octanol–water partition coefficient (Wildman–Crippen LogP) is 10.6. The molecule has 129 heavy (non-hydrogen) atoms. The van der Waals surface area contributed by atoms with E-state index in [4.69, 9.17) is 118 Å². The lowest BCUT2D eigenvalue weighted by molar-refractivity contribution is -0.134. The summed E-state index contributed by atoms with van der Waals surface area (Å²) >= 11 is 32.4. The number of nitrogens with zero attached hydrogens (tertiary/aromatic N) is 5. The molecule has 5 unspecified atom stereocenters. The number of thiocarbonyl (C=S) groups is 5. The molecule has 5 atom stereocenters. The molecule has 5 aromatic rings. The highest BCUT2D eigenvalue weighted by molar-refractivity contribution is 8.28. The maximum Gasteiger partial charge on any atom is 0.300 e. The summed E-state index contributed by atoms with van der Waals surface area (Å²) in [5, 5.41) is 7.42. The van der Waals surface area contributed by atoms with E-state index in [0.29, 0.717) is 136 Å². The fraction of sp³-hybridized carbons (Fsp3) is 0.378. The molecular formula is C82H89N5O27S15. The third kappa shape index (κ3) is 26.1. The van der Waals surface area contributed by atoms with Gasteiger partial charge < -0.3 is 52.5 Å². The van der Waals surface area contributed by atoms with E-state index in [-0.39, 0.29) is 117 Å². The number of hydrogen-bond acceptors (Lipinski definition) is 36. The first kappa shape index (κ1) is 103. The molecule has 15 rings (SSSR count). The van der Waals surface area contributed by atoms with Crippen LogP contribution in [-0.4, -0.2) is 288 Å². The maximum absolute atomic E-state index is 12.7. The molecule has 1 N–H and O–H groups in total. The monoisotopic (exact) mass is 2060 g/mol. The molecule has 0 bridgehead atoms. The summed E-state index contributed by atoms with van der Waals surface area (Å²) in [6.45, 7) is 1.08. The minimum absolute atomic E-state index is 0.0247. The van der Waals surface area contributed by atoms with Crippen molar-refractivity contribution in [1.29, 1.82) is 0 Å². The fourth-order valence-corrected chi connectivity index (χ4v) is 29.8. The first-order chi connectivity index (χ1) is 60.9. The van der Waals surface area contributed by atoms with Crippen molar-refractivity contribution >= 4 is 257 Å². The summed E-state index contributed by atoms with van der Waals surface area (Å²) in [7, 11) is 0.0584. The van der Waals surface area contributed by atoms with E-state index < -0.39 is 55.2 Å². The molecule has 0 aliphatic carbocycles. The Morgan fingerprint density at radius 2 is 0.434 bits per heavy atom. The van der Waals surface area contributed by atoms with Crippen LogP contribution in [0.5, 0.6) is 57.5 Å². The molecule has 5 aromatic carbocycles. The van der Waals surface area contributed by atoms with Crippen LogP contribution < -0.4 is 47.4 Å². The van der Waals surface area contributed by atoms with Crippen LogP contribution in [0.4, 0.5) is 0 Å². The summed E-state index contributed by atoms with van der Waals surface area (Å²) in [6, 6.07) is 24.9. The molecule has 10 saturated heterocycles. The summed E-state index contributed by atoms with van der Waals surface area (Å²) in [4.78, 5) is 82.0. The minimum Gasteiger partial charge on any atom is -0.493 e. The van der Waals surface area contributed by atoms with Gasteiger partial charge in [-0.25, -0.2) is 42.1 Å². The van der Waals surface area contributed by atoms with Crippen LogP contribution in [-0.2, 0) is 78.0 Å². The van der Waals surface area contributed by atoms with Crippen molar-refractivity contribution in [1.82, 2.24) is 24.5 Å². The second kappa shape index (κ2) is 44.4. The van der Waals surface area contributed by atoms with Gasteiger partial charge in [-0.1, -0.05) is 150 Å². The van der Waals surface area contributed by atoms with Crippen LogP contribution in [0.1, 0.15) is 66.8 Å². The summed E-state index contributed by atoms with van der Waals surface area (Å²) in [5.41, 5.74) is 3.88. The molecule has 0 aromatic heterocycles. The van der Waals surface area contributed by atoms with Crippen molar-refractivity contribution < 1.29 is 123 Å². The number of carboxylic acids is 1. The van der Waals surface area contributed by atoms with Gasteiger partial charge in [-0.05, 0) is 151 Å². The maximum atomic E-state index is 12.7. The highest BCUT2D eigenvalue weighted by atomic mass is 32.2. The summed E-state index contributed by atoms with van der Waals surface area (Å²) < 4.78 is 171. The zero-order valence-corrected chi connectivity index (χ0v) is 83.2. The van der Waals surface area contributed by atoms with Crippen LogP contribution in [0.15, 0.2) is 116 Å². The van der Waals surface area contributed by atoms with Gasteiger partial charge in [0.05, 0.1) is 183 Å². The Morgan fingerprint density at radius 3 is 0.550 bits per heavy atom. The molecule has 10 aliphatic heterocycles. The lowest BCUT2D eigenvalue weighted by Gasteiger charge is -2.20. The highest BCUT2D eigenvalue weighted by Crippen LogP contribution is 2.45. The number of sulfone groups is 5. The lowest BCUT2D eigenvalue weighted by atomic mass is 10.1. The van der Waals surface area contributed by atoms with Crippen molar-refractivity contribution in [3.8, 4) is 57.5 Å². The molecule has 0 radical (unpaired) electrons. The van der Waals surface area contributed by atoms with E-state index in [1.165, 1.54) is 83.3 Å². The van der Waals surface area contributed by atoms with E-state index in [1.54, 1.807) is 162 Å². The Labute approximate surface area is 795 Å². The standard InChI is InChI=1S/5C16H17NO5S3.C2H4O2/c5*1-21-12-4-3-10(7-13(12)22-2)8-14-15(18)17(16(23)24-14)11-5-6-25(19,20)9-11;1-2(3)4/h5*3-4,7-8,11H,5-6,9H2,1-2H3;1H3,(H,3,4)/b5*14-8-;. The number of hydrogen-bond donors (Lipinski definition) is 1. The van der Waals surface area contributed by atoms with Crippen LogP contribution >= 0.6 is 120 Å². The van der Waals surface area contributed by atoms with Gasteiger partial charge in [-0.3, -0.25) is 53.3 Å². The largest absolute Gasteiger partial charge is 0.493 e. The zero-order chi connectivity index (χ0) is 94.5. The van der Waals surface area contributed by atoms with Crippen molar-refractivity contribution in [2.75, 3.05) is 129 Å². The fourth-order valence-electron chi connectivity index (χ4n) is 14.3. The second-order valence-electron chi connectivity index (χ2n) is 29.1. The van der Waals surface area contributed by atoms with Crippen LogP contribution in [0.2, 0.25) is 0 Å². The molecule has 47 heteroatoms. The Morgan fingerprint density at radius 1 is 0.295 bits per heavy atom. The molecule has 10 heterocycles. The van der Waals surface area contributed by atoms with Crippen LogP contribution in [0.25, 0.3) is 30.4 Å². The first-order valence-electron chi connectivity index (χ1n) is 38.6. The number of ether oxygens (including phenoxy) is 10. The van der Waals surface area contributed by atoms with Gasteiger partial charge in [-0.15, -0.1) is 0 Å². The smallest absolute Gasteiger partial charge is 0.300 e. The third-order valence-corrected chi connectivity index (χ3v) is 35.9. The number of thioether (sulfide) groups is 5. The normalized spacial score (nSPS) is 23.6. The number of carbonyl (C=O) groups is 6. The highest BCUT2D eigenvalue weighted by Gasteiger charge is 2.48. The second-order valence-corrected chi connectivity index (χ2v) is 48.7. The van der Waals surface area contributed by atoms with Gasteiger partial charge in [-0.2, -0.15) is 0 Å². The van der Waals surface area contributed by atoms with Gasteiger partial charge in [0.25, 0.3) is 35.5 Å². The van der Waals surface area contributed by atoms with Crippen LogP contribution in [0.3, 0.4) is 0 Å². The van der Waals surface area contributed by atoms with Crippen molar-refractivity contribution in [2.45, 2.75) is 69.2 Å². The van der Waals surface area contributed by atoms with Crippen molar-refractivity contribution in [3.63, 3.8) is 0 Å². The Hall–Kier alpha value is -8.43. The number of aliphatic carboxylic acids is 1. The topological polar surface area (TPSA) is 402 Å². The quantitative estimate of drug-likeness (QED) is 0.0558. The molecule has 10 aliphatic rings. The SMILES string of the molecule is CC(=O)O.COc1ccc(/C=C2\SC(=S)N(C3CCS(=O)(=O)C3)C2=O)cc1OC.COc1ccc(/C=C2\SC(=S)N(C3CCS(=O)(=O)C3)C2=O)cc1OC.COc1ccc(/C=C2\SC(=S)N(C3CCS(=O)(=O)C3)C2=O)cc1OC.COc1ccc(/C=C2\SC(=S)N(C3CCS(=O)(=O)C3)C2=O)cc1OC.COc1ccc(/C=C2\SC(=S)N(C3CCS(=O)(=O)C3)C2=O)cc1OC. The lowest BCUT2D eigenvalue weighted by Crippen LogP contribution is -2.39. The average Bonchev–Trinajstić information content (AvgIpc) is 1.65. The van der Waals surface area contributed by atoms with Gasteiger partial charge >= 0.3 is 0 Å². The molecule has 32 nitrogen and oxygen atoms in total. The molecule has 10 fully saturated rings. The van der Waals surface area contributed by atoms with Crippen molar-refractivity contribution in [2.24, 2.45) is 0 Å². The van der Waals surface area contributed by atoms with E-state index in [9.17, 15) is 66.1 Å². The number of carboxylic acid groups (broad SMARTS) is 1.